The molecule has 4 amide bonds. The van der Waals surface area contributed by atoms with Crippen LogP contribution < -0.4 is 10.1 Å². The molecular formula is C22H27N3O6. The Kier molecular flexibility index (Phi) is 6.33. The summed E-state index contributed by atoms with van der Waals surface area (Å²) in [5.74, 6) is -1.94. The van der Waals surface area contributed by atoms with Gasteiger partial charge in [0.15, 0.2) is 0 Å². The van der Waals surface area contributed by atoms with Gasteiger partial charge in [0, 0.05) is 13.1 Å². The number of carboxylic acid groups (broad SMARTS) is 1. The number of nitrogens with zero attached hydrogens (tertiary/aromatic N) is 2. The molecule has 9 nitrogen and oxygen atoms in total. The second-order valence-electron chi connectivity index (χ2n) is 8.23. The number of rotatable bonds is 7. The number of benzene rings is 1. The maximum Gasteiger partial charge on any atom is 0.325 e. The SMILES string of the molecule is C=C(C)COc1ccc(C2(C)NC(=O)N(CC(=O)N3CCCC(C(=O)O)C3)C2=O)cc1. The topological polar surface area (TPSA) is 116 Å². The Morgan fingerprint density at radius 2 is 1.97 bits per heavy atom. The van der Waals surface area contributed by atoms with Crippen molar-refractivity contribution < 1.29 is 29.0 Å². The number of likely N-dealkylation sites (tertiary alicyclic amines) is 1. The average molecular weight is 429 g/mol. The first-order chi connectivity index (χ1) is 14.6. The van der Waals surface area contributed by atoms with Crippen LogP contribution in [0, 0.1) is 5.92 Å². The van der Waals surface area contributed by atoms with Gasteiger partial charge in [-0.3, -0.25) is 19.3 Å². The van der Waals surface area contributed by atoms with Crippen LogP contribution in [0.5, 0.6) is 5.75 Å². The van der Waals surface area contributed by atoms with Gasteiger partial charge in [-0.1, -0.05) is 18.7 Å². The third-order valence-electron chi connectivity index (χ3n) is 5.61. The Hall–Kier alpha value is -3.36. The first kappa shape index (κ1) is 22.3. The highest BCUT2D eigenvalue weighted by Gasteiger charge is 2.49. The van der Waals surface area contributed by atoms with Crippen molar-refractivity contribution >= 4 is 23.8 Å². The molecule has 9 heteroatoms. The molecule has 1 aromatic carbocycles. The summed E-state index contributed by atoms with van der Waals surface area (Å²) < 4.78 is 5.56. The summed E-state index contributed by atoms with van der Waals surface area (Å²) >= 11 is 0. The molecule has 3 rings (SSSR count). The van der Waals surface area contributed by atoms with E-state index in [0.717, 1.165) is 10.5 Å². The summed E-state index contributed by atoms with van der Waals surface area (Å²) in [7, 11) is 0. The molecular weight excluding hydrogens is 402 g/mol. The van der Waals surface area contributed by atoms with Crippen LogP contribution in [0.3, 0.4) is 0 Å². The standard InChI is InChI=1S/C22H27N3O6/c1-14(2)13-31-17-8-6-16(7-9-17)22(3)20(29)25(21(30)23-22)12-18(26)24-10-4-5-15(11-24)19(27)28/h6-9,15H,1,4-5,10-13H2,2-3H3,(H,23,30)(H,27,28). The molecule has 1 aromatic rings. The maximum atomic E-state index is 13.1. The van der Waals surface area contributed by atoms with E-state index in [2.05, 4.69) is 11.9 Å². The zero-order valence-electron chi connectivity index (χ0n) is 17.7. The fraction of sp³-hybridized carbons (Fsp3) is 0.455. The monoisotopic (exact) mass is 429 g/mol. The molecule has 166 valence electrons. The number of carboxylic acids is 1. The third-order valence-corrected chi connectivity index (χ3v) is 5.61. The third kappa shape index (κ3) is 4.70. The van der Waals surface area contributed by atoms with Gasteiger partial charge in [-0.15, -0.1) is 0 Å². The highest BCUT2D eigenvalue weighted by Crippen LogP contribution is 2.30. The van der Waals surface area contributed by atoms with E-state index < -0.39 is 41.8 Å². The number of urea groups is 1. The van der Waals surface area contributed by atoms with E-state index >= 15 is 0 Å². The Morgan fingerprint density at radius 1 is 1.29 bits per heavy atom. The van der Waals surface area contributed by atoms with Crippen molar-refractivity contribution in [1.29, 1.82) is 0 Å². The average Bonchev–Trinajstić information content (AvgIpc) is 2.96. The number of carbonyl (C=O) groups excluding carboxylic acids is 3. The fourth-order valence-electron chi connectivity index (χ4n) is 3.77. The van der Waals surface area contributed by atoms with Crippen LogP contribution in [0.4, 0.5) is 4.79 Å². The van der Waals surface area contributed by atoms with Crippen molar-refractivity contribution in [2.45, 2.75) is 32.2 Å². The first-order valence-electron chi connectivity index (χ1n) is 10.1. The van der Waals surface area contributed by atoms with E-state index in [0.29, 0.717) is 37.3 Å². The maximum absolute atomic E-state index is 13.1. The van der Waals surface area contributed by atoms with Crippen LogP contribution in [-0.4, -0.2) is 65.0 Å². The largest absolute Gasteiger partial charge is 0.489 e. The zero-order chi connectivity index (χ0) is 22.8. The van der Waals surface area contributed by atoms with E-state index in [-0.39, 0.29) is 6.54 Å². The van der Waals surface area contributed by atoms with Crippen molar-refractivity contribution in [1.82, 2.24) is 15.1 Å². The normalized spacial score (nSPS) is 23.5. The van der Waals surface area contributed by atoms with Gasteiger partial charge in [-0.25, -0.2) is 4.79 Å². The molecule has 0 saturated carbocycles. The number of nitrogens with one attached hydrogen (secondary N) is 1. The van der Waals surface area contributed by atoms with E-state index in [1.807, 2.05) is 6.92 Å². The van der Waals surface area contributed by atoms with Gasteiger partial charge in [0.05, 0.1) is 5.92 Å². The Bertz CT molecular complexity index is 912. The summed E-state index contributed by atoms with van der Waals surface area (Å²) in [6.45, 7) is 7.66. The second-order valence-corrected chi connectivity index (χ2v) is 8.23. The van der Waals surface area contributed by atoms with Gasteiger partial charge in [0.2, 0.25) is 5.91 Å². The van der Waals surface area contributed by atoms with Gasteiger partial charge >= 0.3 is 12.0 Å². The molecule has 2 aliphatic rings. The van der Waals surface area contributed by atoms with E-state index in [1.165, 1.54) is 4.90 Å². The lowest BCUT2D eigenvalue weighted by Gasteiger charge is -2.31. The molecule has 0 aliphatic carbocycles. The number of aliphatic carboxylic acids is 1. The second kappa shape index (κ2) is 8.79. The smallest absolute Gasteiger partial charge is 0.325 e. The predicted molar refractivity (Wildman–Crippen MR) is 111 cm³/mol. The Balaban J connectivity index is 1.69. The molecule has 0 bridgehead atoms. The number of amides is 4. The van der Waals surface area contributed by atoms with Crippen LogP contribution in [0.1, 0.15) is 32.3 Å². The molecule has 2 saturated heterocycles. The minimum Gasteiger partial charge on any atom is -0.489 e. The Labute approximate surface area is 180 Å². The number of piperidine rings is 1. The summed E-state index contributed by atoms with van der Waals surface area (Å²) in [5.41, 5.74) is 0.126. The van der Waals surface area contributed by atoms with E-state index in [4.69, 9.17) is 4.74 Å². The summed E-state index contributed by atoms with van der Waals surface area (Å²) in [6, 6.07) is 6.14. The molecule has 0 aromatic heterocycles. The van der Waals surface area contributed by atoms with Gasteiger partial charge in [0.25, 0.3) is 5.91 Å². The minimum atomic E-state index is -1.31. The quantitative estimate of drug-likeness (QED) is 0.504. The number of hydrogen-bond donors (Lipinski definition) is 2. The van der Waals surface area contributed by atoms with Crippen molar-refractivity contribution in [3.05, 3.63) is 42.0 Å². The van der Waals surface area contributed by atoms with Crippen LogP contribution in [0.25, 0.3) is 0 Å². The fourth-order valence-corrected chi connectivity index (χ4v) is 3.77. The predicted octanol–water partition coefficient (Wildman–Crippen LogP) is 1.73. The van der Waals surface area contributed by atoms with Crippen LogP contribution in [0.2, 0.25) is 0 Å². The zero-order valence-corrected chi connectivity index (χ0v) is 17.7. The summed E-state index contributed by atoms with van der Waals surface area (Å²) in [4.78, 5) is 51.8. The minimum absolute atomic E-state index is 0.0841. The highest BCUT2D eigenvalue weighted by atomic mass is 16.5. The van der Waals surface area contributed by atoms with Crippen molar-refractivity contribution in [2.75, 3.05) is 26.2 Å². The summed E-state index contributed by atoms with van der Waals surface area (Å²) in [6.07, 6.45) is 1.08. The molecule has 2 unspecified atom stereocenters. The van der Waals surface area contributed by atoms with Crippen molar-refractivity contribution in [2.24, 2.45) is 5.92 Å². The van der Waals surface area contributed by atoms with Crippen molar-refractivity contribution in [3.63, 3.8) is 0 Å². The molecule has 2 fully saturated rings. The molecule has 2 aliphatic heterocycles. The van der Waals surface area contributed by atoms with E-state index in [9.17, 15) is 24.3 Å². The van der Waals surface area contributed by atoms with Crippen LogP contribution >= 0.6 is 0 Å². The molecule has 31 heavy (non-hydrogen) atoms. The lowest BCUT2D eigenvalue weighted by molar-refractivity contribution is -0.147. The van der Waals surface area contributed by atoms with Gasteiger partial charge in [-0.05, 0) is 50.0 Å². The van der Waals surface area contributed by atoms with Gasteiger partial charge in [-0.2, -0.15) is 0 Å². The molecule has 2 atom stereocenters. The molecule has 0 radical (unpaired) electrons. The number of carbonyl (C=O) groups is 4. The number of ether oxygens (including phenoxy) is 1. The Morgan fingerprint density at radius 3 is 2.58 bits per heavy atom. The molecule has 2 N–H and O–H groups in total. The molecule has 0 spiro atoms. The van der Waals surface area contributed by atoms with Gasteiger partial charge in [0.1, 0.15) is 24.4 Å². The lowest BCUT2D eigenvalue weighted by atomic mass is 9.92. The number of hydrogen-bond acceptors (Lipinski definition) is 5. The lowest BCUT2D eigenvalue weighted by Crippen LogP contribution is -2.48. The molecule has 2 heterocycles. The van der Waals surface area contributed by atoms with Gasteiger partial charge < -0.3 is 20.1 Å². The highest BCUT2D eigenvalue weighted by molar-refractivity contribution is 6.09. The van der Waals surface area contributed by atoms with Crippen LogP contribution in [0.15, 0.2) is 36.4 Å². The van der Waals surface area contributed by atoms with E-state index in [1.54, 1.807) is 31.2 Å². The summed E-state index contributed by atoms with van der Waals surface area (Å²) in [5, 5.41) is 11.9. The van der Waals surface area contributed by atoms with Crippen molar-refractivity contribution in [3.8, 4) is 5.75 Å². The number of imide groups is 1. The van der Waals surface area contributed by atoms with Crippen LogP contribution in [-0.2, 0) is 19.9 Å². The first-order valence-corrected chi connectivity index (χ1v) is 10.1.